The van der Waals surface area contributed by atoms with Crippen LogP contribution in [0.2, 0.25) is 0 Å². The molecule has 0 amide bonds. The summed E-state index contributed by atoms with van der Waals surface area (Å²) < 4.78 is 44.1. The molecule has 0 saturated heterocycles. The standard InChI is InChI=1S/C8H5BrF3NO3/c1-15-7(14)4-2-13-3-5(9)6(4)16-8(10,11)12/h2-3H,1H3. The maximum absolute atomic E-state index is 12.1. The Morgan fingerprint density at radius 2 is 2.06 bits per heavy atom. The van der Waals surface area contributed by atoms with Crippen LogP contribution in [0, 0.1) is 0 Å². The molecule has 1 rings (SSSR count). The van der Waals surface area contributed by atoms with Gasteiger partial charge in [-0.2, -0.15) is 0 Å². The van der Waals surface area contributed by atoms with Crippen molar-refractivity contribution in [2.45, 2.75) is 6.36 Å². The van der Waals surface area contributed by atoms with Crippen LogP contribution in [0.25, 0.3) is 0 Å². The highest BCUT2D eigenvalue weighted by atomic mass is 79.9. The van der Waals surface area contributed by atoms with E-state index in [1.807, 2.05) is 0 Å². The minimum absolute atomic E-state index is 0.0901. The fourth-order valence-corrected chi connectivity index (χ4v) is 1.31. The van der Waals surface area contributed by atoms with E-state index in [1.54, 1.807) is 0 Å². The van der Waals surface area contributed by atoms with E-state index < -0.39 is 23.6 Å². The molecule has 0 fully saturated rings. The van der Waals surface area contributed by atoms with E-state index in [0.29, 0.717) is 0 Å². The molecule has 0 aliphatic rings. The Balaban J connectivity index is 3.19. The first kappa shape index (κ1) is 12.8. The normalized spacial score (nSPS) is 11.1. The molecule has 0 saturated carbocycles. The molecule has 16 heavy (non-hydrogen) atoms. The summed E-state index contributed by atoms with van der Waals surface area (Å²) in [7, 11) is 1.04. The van der Waals surface area contributed by atoms with E-state index in [0.717, 1.165) is 19.5 Å². The van der Waals surface area contributed by atoms with Gasteiger partial charge < -0.3 is 9.47 Å². The molecule has 0 aromatic carbocycles. The molecule has 0 bridgehead atoms. The molecule has 8 heteroatoms. The molecule has 0 aliphatic heterocycles. The molecule has 0 unspecified atom stereocenters. The highest BCUT2D eigenvalue weighted by molar-refractivity contribution is 9.10. The average molecular weight is 300 g/mol. The van der Waals surface area contributed by atoms with Gasteiger partial charge >= 0.3 is 12.3 Å². The molecule has 1 heterocycles. The summed E-state index contributed by atoms with van der Waals surface area (Å²) in [6, 6.07) is 0. The summed E-state index contributed by atoms with van der Waals surface area (Å²) in [6.45, 7) is 0. The number of nitrogens with zero attached hydrogens (tertiary/aromatic N) is 1. The minimum atomic E-state index is -4.90. The summed E-state index contributed by atoms with van der Waals surface area (Å²) in [6.07, 6.45) is -2.89. The third kappa shape index (κ3) is 3.09. The zero-order valence-electron chi connectivity index (χ0n) is 7.84. The molecule has 0 N–H and O–H groups in total. The molecular formula is C8H5BrF3NO3. The summed E-state index contributed by atoms with van der Waals surface area (Å²) in [5.74, 6) is -1.64. The van der Waals surface area contributed by atoms with Gasteiger partial charge in [0.05, 0.1) is 11.6 Å². The van der Waals surface area contributed by atoms with Crippen LogP contribution < -0.4 is 4.74 Å². The Bertz CT molecular complexity index is 408. The second kappa shape index (κ2) is 4.69. The lowest BCUT2D eigenvalue weighted by molar-refractivity contribution is -0.275. The maximum atomic E-state index is 12.1. The fourth-order valence-electron chi connectivity index (χ4n) is 0.898. The van der Waals surface area contributed by atoms with Crippen LogP contribution in [-0.2, 0) is 4.74 Å². The number of aromatic nitrogens is 1. The second-order valence-electron chi connectivity index (χ2n) is 2.54. The van der Waals surface area contributed by atoms with Crippen LogP contribution in [0.15, 0.2) is 16.9 Å². The van der Waals surface area contributed by atoms with Gasteiger partial charge in [0.15, 0.2) is 5.75 Å². The van der Waals surface area contributed by atoms with E-state index in [4.69, 9.17) is 0 Å². The van der Waals surface area contributed by atoms with Gasteiger partial charge in [-0.1, -0.05) is 0 Å². The van der Waals surface area contributed by atoms with Gasteiger partial charge in [0.1, 0.15) is 5.56 Å². The number of hydrogen-bond donors (Lipinski definition) is 0. The summed E-state index contributed by atoms with van der Waals surface area (Å²) >= 11 is 2.80. The Morgan fingerprint density at radius 3 is 2.56 bits per heavy atom. The number of rotatable bonds is 2. The van der Waals surface area contributed by atoms with E-state index in [2.05, 4.69) is 30.4 Å². The highest BCUT2D eigenvalue weighted by Crippen LogP contribution is 2.33. The highest BCUT2D eigenvalue weighted by Gasteiger charge is 2.34. The number of pyridine rings is 1. The van der Waals surface area contributed by atoms with Crippen molar-refractivity contribution in [3.05, 3.63) is 22.4 Å². The van der Waals surface area contributed by atoms with Gasteiger partial charge in [-0.25, -0.2) is 4.79 Å². The summed E-state index contributed by atoms with van der Waals surface area (Å²) in [5.41, 5.74) is -0.408. The largest absolute Gasteiger partial charge is 0.573 e. The lowest BCUT2D eigenvalue weighted by atomic mass is 10.2. The van der Waals surface area contributed by atoms with Crippen molar-refractivity contribution in [2.24, 2.45) is 0 Å². The molecule has 0 aliphatic carbocycles. The molecule has 1 aromatic rings. The topological polar surface area (TPSA) is 48.4 Å². The third-order valence-corrected chi connectivity index (χ3v) is 2.04. The molecule has 0 radical (unpaired) electrons. The molecule has 4 nitrogen and oxygen atoms in total. The molecule has 88 valence electrons. The number of ether oxygens (including phenoxy) is 2. The number of hydrogen-bond acceptors (Lipinski definition) is 4. The summed E-state index contributed by atoms with van der Waals surface area (Å²) in [4.78, 5) is 14.7. The van der Waals surface area contributed by atoms with E-state index >= 15 is 0 Å². The average Bonchev–Trinajstić information content (AvgIpc) is 2.18. The van der Waals surface area contributed by atoms with Crippen LogP contribution in [0.1, 0.15) is 10.4 Å². The summed E-state index contributed by atoms with van der Waals surface area (Å²) in [5, 5.41) is 0. The smallest absolute Gasteiger partial charge is 0.465 e. The van der Waals surface area contributed by atoms with Gasteiger partial charge in [0.2, 0.25) is 0 Å². The monoisotopic (exact) mass is 299 g/mol. The zero-order valence-corrected chi connectivity index (χ0v) is 9.42. The van der Waals surface area contributed by atoms with Gasteiger partial charge in [-0.15, -0.1) is 13.2 Å². The van der Waals surface area contributed by atoms with Crippen LogP contribution in [0.5, 0.6) is 5.75 Å². The van der Waals surface area contributed by atoms with Crippen molar-refractivity contribution in [3.63, 3.8) is 0 Å². The molecule has 0 atom stereocenters. The number of methoxy groups -OCH3 is 1. The quantitative estimate of drug-likeness (QED) is 0.788. The van der Waals surface area contributed by atoms with Gasteiger partial charge in [-0.05, 0) is 15.9 Å². The van der Waals surface area contributed by atoms with Crippen molar-refractivity contribution in [1.29, 1.82) is 0 Å². The third-order valence-electron chi connectivity index (χ3n) is 1.48. The van der Waals surface area contributed by atoms with Gasteiger partial charge in [-0.3, -0.25) is 4.98 Å². The van der Waals surface area contributed by atoms with E-state index in [1.165, 1.54) is 0 Å². The number of carbonyl (C=O) groups is 1. The Hall–Kier alpha value is -1.31. The second-order valence-corrected chi connectivity index (χ2v) is 3.39. The number of halogens is 4. The maximum Gasteiger partial charge on any atom is 0.573 e. The van der Waals surface area contributed by atoms with E-state index in [9.17, 15) is 18.0 Å². The SMILES string of the molecule is COC(=O)c1cncc(Br)c1OC(F)(F)F. The van der Waals surface area contributed by atoms with Crippen LogP contribution >= 0.6 is 15.9 Å². The Labute approximate surface area is 96.5 Å². The van der Waals surface area contributed by atoms with Crippen molar-refractivity contribution in [2.75, 3.05) is 7.11 Å². The number of carbonyl (C=O) groups excluding carboxylic acids is 1. The fraction of sp³-hybridized carbons (Fsp3) is 0.250. The number of alkyl halides is 3. The predicted octanol–water partition coefficient (Wildman–Crippen LogP) is 2.53. The first-order valence-corrected chi connectivity index (χ1v) is 4.62. The van der Waals surface area contributed by atoms with Crippen molar-refractivity contribution in [3.8, 4) is 5.75 Å². The predicted molar refractivity (Wildman–Crippen MR) is 50.0 cm³/mol. The minimum Gasteiger partial charge on any atom is -0.465 e. The van der Waals surface area contributed by atoms with Gasteiger partial charge in [0, 0.05) is 12.4 Å². The van der Waals surface area contributed by atoms with Crippen LogP contribution in [0.3, 0.4) is 0 Å². The zero-order chi connectivity index (χ0) is 12.3. The molecule has 1 aromatic heterocycles. The lowest BCUT2D eigenvalue weighted by Crippen LogP contribution is -2.20. The van der Waals surface area contributed by atoms with Crippen molar-refractivity contribution < 1.29 is 27.4 Å². The Morgan fingerprint density at radius 1 is 1.44 bits per heavy atom. The van der Waals surface area contributed by atoms with Crippen molar-refractivity contribution in [1.82, 2.24) is 4.98 Å². The Kier molecular flexibility index (Phi) is 3.74. The van der Waals surface area contributed by atoms with Crippen LogP contribution in [-0.4, -0.2) is 24.4 Å². The lowest BCUT2D eigenvalue weighted by Gasteiger charge is -2.12. The molecule has 0 spiro atoms. The van der Waals surface area contributed by atoms with Gasteiger partial charge in [0.25, 0.3) is 0 Å². The first-order valence-electron chi connectivity index (χ1n) is 3.82. The van der Waals surface area contributed by atoms with Crippen molar-refractivity contribution >= 4 is 21.9 Å². The molecular weight excluding hydrogens is 295 g/mol. The van der Waals surface area contributed by atoms with Crippen LogP contribution in [0.4, 0.5) is 13.2 Å². The first-order chi connectivity index (χ1) is 7.35. The van der Waals surface area contributed by atoms with E-state index in [-0.39, 0.29) is 4.47 Å². The number of esters is 1.